The molecule has 0 saturated heterocycles. The summed E-state index contributed by atoms with van der Waals surface area (Å²) in [6.45, 7) is 4.92. The Bertz CT molecular complexity index is 1110. The summed E-state index contributed by atoms with van der Waals surface area (Å²) >= 11 is 0. The number of aliphatic hydroxyl groups is 2. The molecular formula is C65H125NO5. The van der Waals surface area contributed by atoms with Crippen LogP contribution in [-0.4, -0.2) is 47.4 Å². The van der Waals surface area contributed by atoms with E-state index in [1.807, 2.05) is 6.08 Å². The minimum Gasteiger partial charge on any atom is -0.466 e. The van der Waals surface area contributed by atoms with Crippen molar-refractivity contribution in [3.05, 3.63) is 24.3 Å². The number of nitrogens with one attached hydrogen (secondary N) is 1. The molecule has 6 heteroatoms. The van der Waals surface area contributed by atoms with Gasteiger partial charge in [-0.3, -0.25) is 9.59 Å². The molecule has 0 spiro atoms. The average Bonchev–Trinajstić information content (AvgIpc) is 3.37. The zero-order chi connectivity index (χ0) is 51.4. The fourth-order valence-corrected chi connectivity index (χ4v) is 10.0. The standard InChI is InChI=1S/C65H125NO5/c1-3-5-7-9-11-13-15-17-19-21-23-27-31-35-39-43-47-51-55-59-65(70)71-60-56-52-48-44-40-36-32-28-25-22-24-26-30-34-38-42-46-50-54-58-64(69)66-62(61-67)63(68)57-53-49-45-41-37-33-29-20-18-16-14-12-10-8-6-4-2/h22,24,53,57,62-63,67-68H,3-21,23,25-52,54-56,58-61H2,1-2H3,(H,66,69)/b24-22-,57-53+. The molecule has 0 aromatic heterocycles. The Morgan fingerprint density at radius 2 is 0.662 bits per heavy atom. The van der Waals surface area contributed by atoms with Crippen LogP contribution < -0.4 is 5.32 Å². The summed E-state index contributed by atoms with van der Waals surface area (Å²) < 4.78 is 5.50. The summed E-state index contributed by atoms with van der Waals surface area (Å²) in [4.78, 5) is 24.6. The maximum atomic E-state index is 12.5. The van der Waals surface area contributed by atoms with E-state index < -0.39 is 12.1 Å². The Morgan fingerprint density at radius 3 is 1.00 bits per heavy atom. The van der Waals surface area contributed by atoms with Crippen LogP contribution in [0, 0.1) is 0 Å². The van der Waals surface area contributed by atoms with Crippen LogP contribution in [0.3, 0.4) is 0 Å². The van der Waals surface area contributed by atoms with Crippen molar-refractivity contribution >= 4 is 11.9 Å². The van der Waals surface area contributed by atoms with Gasteiger partial charge in [0.25, 0.3) is 0 Å². The second-order valence-electron chi connectivity index (χ2n) is 22.1. The molecule has 0 fully saturated rings. The molecule has 2 unspecified atom stereocenters. The lowest BCUT2D eigenvalue weighted by Crippen LogP contribution is -2.45. The van der Waals surface area contributed by atoms with Gasteiger partial charge in [-0.05, 0) is 57.8 Å². The number of ether oxygens (including phenoxy) is 1. The fraction of sp³-hybridized carbons (Fsp3) is 0.908. The number of aliphatic hydroxyl groups excluding tert-OH is 2. The van der Waals surface area contributed by atoms with Gasteiger partial charge in [0.2, 0.25) is 5.91 Å². The number of amides is 1. The van der Waals surface area contributed by atoms with Gasteiger partial charge in [0.15, 0.2) is 0 Å². The lowest BCUT2D eigenvalue weighted by molar-refractivity contribution is -0.143. The molecule has 0 aromatic rings. The van der Waals surface area contributed by atoms with Gasteiger partial charge >= 0.3 is 5.97 Å². The molecule has 2 atom stereocenters. The molecule has 0 aliphatic carbocycles. The van der Waals surface area contributed by atoms with E-state index in [1.165, 1.54) is 283 Å². The monoisotopic (exact) mass is 1000 g/mol. The van der Waals surface area contributed by atoms with Gasteiger partial charge in [0, 0.05) is 12.8 Å². The molecule has 1 amide bonds. The first kappa shape index (κ1) is 69.3. The van der Waals surface area contributed by atoms with E-state index in [2.05, 4.69) is 31.3 Å². The molecule has 71 heavy (non-hydrogen) atoms. The first-order valence-electron chi connectivity index (χ1n) is 32.1. The van der Waals surface area contributed by atoms with E-state index in [0.29, 0.717) is 19.4 Å². The predicted octanol–water partition coefficient (Wildman–Crippen LogP) is 20.2. The topological polar surface area (TPSA) is 95.9 Å². The molecule has 6 nitrogen and oxygen atoms in total. The number of unbranched alkanes of at least 4 members (excludes halogenated alkanes) is 47. The summed E-state index contributed by atoms with van der Waals surface area (Å²) in [6, 6.07) is -0.635. The number of carbonyl (C=O) groups excluding carboxylic acids is 2. The summed E-state index contributed by atoms with van der Waals surface area (Å²) in [5.41, 5.74) is 0. The number of carbonyl (C=O) groups is 2. The number of allylic oxidation sites excluding steroid dienone is 3. The highest BCUT2D eigenvalue weighted by atomic mass is 16.5. The Kier molecular flexibility index (Phi) is 59.5. The van der Waals surface area contributed by atoms with Crippen molar-refractivity contribution in [3.8, 4) is 0 Å². The zero-order valence-electron chi connectivity index (χ0n) is 48.0. The molecule has 0 bridgehead atoms. The summed E-state index contributed by atoms with van der Waals surface area (Å²) in [5, 5.41) is 23.1. The second kappa shape index (κ2) is 60.9. The third kappa shape index (κ3) is 57.5. The maximum Gasteiger partial charge on any atom is 0.305 e. The first-order valence-corrected chi connectivity index (χ1v) is 32.1. The minimum absolute atomic E-state index is 0.00845. The molecule has 0 aliphatic heterocycles. The summed E-state index contributed by atoms with van der Waals surface area (Å²) in [5.74, 6) is -0.0670. The molecule has 3 N–H and O–H groups in total. The van der Waals surface area contributed by atoms with E-state index >= 15 is 0 Å². The van der Waals surface area contributed by atoms with Crippen molar-refractivity contribution in [1.29, 1.82) is 0 Å². The lowest BCUT2D eigenvalue weighted by Gasteiger charge is -2.20. The smallest absolute Gasteiger partial charge is 0.305 e. The quantitative estimate of drug-likeness (QED) is 0.0320. The number of hydrogen-bond acceptors (Lipinski definition) is 5. The van der Waals surface area contributed by atoms with E-state index in [-0.39, 0.29) is 18.5 Å². The number of hydrogen-bond donors (Lipinski definition) is 3. The summed E-state index contributed by atoms with van der Waals surface area (Å²) in [6.07, 6.45) is 75.1. The molecular weight excluding hydrogens is 875 g/mol. The van der Waals surface area contributed by atoms with Gasteiger partial charge in [0.1, 0.15) is 0 Å². The Labute approximate surface area is 443 Å². The van der Waals surface area contributed by atoms with Crippen molar-refractivity contribution in [2.24, 2.45) is 0 Å². The average molecular weight is 1000 g/mol. The van der Waals surface area contributed by atoms with Gasteiger partial charge in [-0.25, -0.2) is 0 Å². The molecule has 0 rings (SSSR count). The van der Waals surface area contributed by atoms with Gasteiger partial charge in [-0.2, -0.15) is 0 Å². The van der Waals surface area contributed by atoms with Gasteiger partial charge in [-0.1, -0.05) is 308 Å². The number of rotatable bonds is 60. The fourth-order valence-electron chi connectivity index (χ4n) is 10.0. The first-order chi connectivity index (χ1) is 35.0. The molecule has 0 saturated carbocycles. The van der Waals surface area contributed by atoms with Crippen molar-refractivity contribution in [3.63, 3.8) is 0 Å². The van der Waals surface area contributed by atoms with Crippen LogP contribution in [0.4, 0.5) is 0 Å². The van der Waals surface area contributed by atoms with Gasteiger partial charge < -0.3 is 20.3 Å². The van der Waals surface area contributed by atoms with Crippen LogP contribution in [0.15, 0.2) is 24.3 Å². The van der Waals surface area contributed by atoms with Crippen LogP contribution in [0.25, 0.3) is 0 Å². The lowest BCUT2D eigenvalue weighted by atomic mass is 10.0. The largest absolute Gasteiger partial charge is 0.466 e. The highest BCUT2D eigenvalue weighted by Gasteiger charge is 2.18. The summed E-state index contributed by atoms with van der Waals surface area (Å²) in [7, 11) is 0. The molecule has 0 heterocycles. The minimum atomic E-state index is -0.850. The molecule has 0 aromatic carbocycles. The third-order valence-electron chi connectivity index (χ3n) is 15.0. The van der Waals surface area contributed by atoms with Gasteiger partial charge in [0.05, 0.1) is 25.4 Å². The van der Waals surface area contributed by atoms with Crippen LogP contribution in [0.2, 0.25) is 0 Å². The highest BCUT2D eigenvalue weighted by Crippen LogP contribution is 2.18. The van der Waals surface area contributed by atoms with Crippen LogP contribution in [0.5, 0.6) is 0 Å². The Hall–Kier alpha value is -1.66. The predicted molar refractivity (Wildman–Crippen MR) is 310 cm³/mol. The highest BCUT2D eigenvalue weighted by molar-refractivity contribution is 5.76. The molecule has 420 valence electrons. The van der Waals surface area contributed by atoms with E-state index in [4.69, 9.17) is 4.74 Å². The van der Waals surface area contributed by atoms with Crippen molar-refractivity contribution in [2.75, 3.05) is 13.2 Å². The Balaban J connectivity index is 3.43. The maximum absolute atomic E-state index is 12.5. The molecule has 0 aliphatic rings. The zero-order valence-corrected chi connectivity index (χ0v) is 48.0. The molecule has 0 radical (unpaired) electrons. The van der Waals surface area contributed by atoms with Crippen molar-refractivity contribution in [2.45, 2.75) is 366 Å². The van der Waals surface area contributed by atoms with Crippen molar-refractivity contribution < 1.29 is 24.5 Å². The number of esters is 1. The SMILES string of the molecule is CCCCCCCCCCCCCCCC/C=C/C(O)C(CO)NC(=O)CCCCCCCCC/C=C\CCCCCCCCCCOC(=O)CCCCCCCCCCCCCCCCCCCCC. The van der Waals surface area contributed by atoms with E-state index in [0.717, 1.165) is 44.9 Å². The second-order valence-corrected chi connectivity index (χ2v) is 22.1. The van der Waals surface area contributed by atoms with Crippen LogP contribution in [-0.2, 0) is 14.3 Å². The Morgan fingerprint density at radius 1 is 0.380 bits per heavy atom. The van der Waals surface area contributed by atoms with E-state index in [1.54, 1.807) is 6.08 Å². The van der Waals surface area contributed by atoms with Gasteiger partial charge in [-0.15, -0.1) is 0 Å². The third-order valence-corrected chi connectivity index (χ3v) is 15.0. The van der Waals surface area contributed by atoms with Crippen LogP contribution in [0.1, 0.15) is 354 Å². The van der Waals surface area contributed by atoms with Crippen LogP contribution >= 0.6 is 0 Å². The van der Waals surface area contributed by atoms with Crippen molar-refractivity contribution in [1.82, 2.24) is 5.32 Å². The van der Waals surface area contributed by atoms with E-state index in [9.17, 15) is 19.8 Å². The normalized spacial score (nSPS) is 12.7.